The number of carbonyl (C=O) groups excluding carboxylic acids is 1. The van der Waals surface area contributed by atoms with Crippen LogP contribution in [0.25, 0.3) is 0 Å². The molecule has 12 heavy (non-hydrogen) atoms. The lowest BCUT2D eigenvalue weighted by atomic mass is 10.2. The van der Waals surface area contributed by atoms with Gasteiger partial charge in [0.2, 0.25) is 0 Å². The number of nitrogens with one attached hydrogen (secondary N) is 2. The van der Waals surface area contributed by atoms with Crippen LogP contribution in [0.1, 0.15) is 26.2 Å². The quantitative estimate of drug-likeness (QED) is 0.637. The summed E-state index contributed by atoms with van der Waals surface area (Å²) in [4.78, 5) is 11.1. The van der Waals surface area contributed by atoms with Crippen LogP contribution in [-0.4, -0.2) is 18.6 Å². The van der Waals surface area contributed by atoms with E-state index in [1.54, 1.807) is 0 Å². The average molecular weight is 168 g/mol. The summed E-state index contributed by atoms with van der Waals surface area (Å²) in [6, 6.07) is 0.462. The summed E-state index contributed by atoms with van der Waals surface area (Å²) in [6.45, 7) is 2.65. The van der Waals surface area contributed by atoms with Crippen molar-refractivity contribution in [2.45, 2.75) is 32.2 Å². The Bertz CT molecular complexity index is 183. The molecular weight excluding hydrogens is 152 g/mol. The van der Waals surface area contributed by atoms with E-state index in [4.69, 9.17) is 0 Å². The van der Waals surface area contributed by atoms with E-state index in [9.17, 15) is 4.79 Å². The van der Waals surface area contributed by atoms with E-state index in [0.29, 0.717) is 12.6 Å². The van der Waals surface area contributed by atoms with E-state index in [-0.39, 0.29) is 6.03 Å². The standard InChI is InChI=1S/C9H16N2O/c1-2-10-9(12)11-8-4-6-3-7(6)5-8/h6-8H,2-5H2,1H3,(H2,10,11,12). The van der Waals surface area contributed by atoms with Crippen LogP contribution in [-0.2, 0) is 0 Å². The minimum absolute atomic E-state index is 0.00352. The van der Waals surface area contributed by atoms with E-state index in [2.05, 4.69) is 10.6 Å². The summed E-state index contributed by atoms with van der Waals surface area (Å²) in [6.07, 6.45) is 3.83. The van der Waals surface area contributed by atoms with E-state index >= 15 is 0 Å². The lowest BCUT2D eigenvalue weighted by Gasteiger charge is -2.13. The number of fused-ring (bicyclic) bond motifs is 1. The molecule has 2 N–H and O–H groups in total. The summed E-state index contributed by atoms with van der Waals surface area (Å²) >= 11 is 0. The molecule has 68 valence electrons. The van der Waals surface area contributed by atoms with Gasteiger partial charge in [-0.25, -0.2) is 4.79 Å². The third kappa shape index (κ3) is 1.54. The summed E-state index contributed by atoms with van der Waals surface area (Å²) in [5, 5.41) is 5.74. The van der Waals surface area contributed by atoms with Crippen LogP contribution in [0.15, 0.2) is 0 Å². The Kier molecular flexibility index (Phi) is 1.95. The number of urea groups is 1. The fourth-order valence-electron chi connectivity index (χ4n) is 2.23. The van der Waals surface area contributed by atoms with Crippen molar-refractivity contribution in [3.05, 3.63) is 0 Å². The summed E-state index contributed by atoms with van der Waals surface area (Å²) in [7, 11) is 0. The first kappa shape index (κ1) is 7.90. The van der Waals surface area contributed by atoms with Crippen LogP contribution in [0.5, 0.6) is 0 Å². The molecule has 0 heterocycles. The van der Waals surface area contributed by atoms with Gasteiger partial charge in [-0.3, -0.25) is 0 Å². The zero-order chi connectivity index (χ0) is 8.55. The highest BCUT2D eigenvalue weighted by atomic mass is 16.2. The van der Waals surface area contributed by atoms with Gasteiger partial charge in [0.1, 0.15) is 0 Å². The van der Waals surface area contributed by atoms with Gasteiger partial charge in [0.15, 0.2) is 0 Å². The molecule has 2 rings (SSSR count). The minimum atomic E-state index is 0.00352. The van der Waals surface area contributed by atoms with Gasteiger partial charge < -0.3 is 10.6 Å². The first-order valence-corrected chi connectivity index (χ1v) is 4.84. The van der Waals surface area contributed by atoms with Crippen LogP contribution in [0.4, 0.5) is 4.79 Å². The Labute approximate surface area is 72.9 Å². The molecule has 0 aromatic heterocycles. The van der Waals surface area contributed by atoms with Crippen molar-refractivity contribution in [3.63, 3.8) is 0 Å². The van der Waals surface area contributed by atoms with E-state index in [1.165, 1.54) is 19.3 Å². The van der Waals surface area contributed by atoms with Crippen molar-refractivity contribution < 1.29 is 4.79 Å². The van der Waals surface area contributed by atoms with Gasteiger partial charge in [0.05, 0.1) is 0 Å². The first-order chi connectivity index (χ1) is 5.79. The van der Waals surface area contributed by atoms with Crippen molar-refractivity contribution >= 4 is 6.03 Å². The predicted octanol–water partition coefficient (Wildman–Crippen LogP) is 1.10. The Morgan fingerprint density at radius 2 is 2.00 bits per heavy atom. The van der Waals surface area contributed by atoms with Gasteiger partial charge in [-0.15, -0.1) is 0 Å². The summed E-state index contributed by atoms with van der Waals surface area (Å²) in [5.74, 6) is 1.88. The highest BCUT2D eigenvalue weighted by Crippen LogP contribution is 2.51. The molecule has 0 saturated heterocycles. The van der Waals surface area contributed by atoms with Gasteiger partial charge in [0.25, 0.3) is 0 Å². The van der Waals surface area contributed by atoms with Crippen LogP contribution >= 0.6 is 0 Å². The second kappa shape index (κ2) is 2.96. The van der Waals surface area contributed by atoms with Crippen LogP contribution < -0.4 is 10.6 Å². The number of rotatable bonds is 2. The van der Waals surface area contributed by atoms with Gasteiger partial charge in [-0.05, 0) is 38.0 Å². The molecule has 2 unspecified atom stereocenters. The molecule has 2 aliphatic rings. The Balaban J connectivity index is 1.69. The third-order valence-corrected chi connectivity index (χ3v) is 2.92. The molecule has 0 spiro atoms. The number of hydrogen-bond acceptors (Lipinski definition) is 1. The summed E-state index contributed by atoms with van der Waals surface area (Å²) in [5.41, 5.74) is 0. The fraction of sp³-hybridized carbons (Fsp3) is 0.889. The Hall–Kier alpha value is -0.730. The molecule has 2 amide bonds. The lowest BCUT2D eigenvalue weighted by molar-refractivity contribution is 0.237. The monoisotopic (exact) mass is 168 g/mol. The zero-order valence-corrected chi connectivity index (χ0v) is 7.47. The zero-order valence-electron chi connectivity index (χ0n) is 7.47. The SMILES string of the molecule is CCNC(=O)NC1CC2CC2C1. The lowest BCUT2D eigenvalue weighted by Crippen LogP contribution is -2.41. The molecule has 2 atom stereocenters. The van der Waals surface area contributed by atoms with Crippen molar-refractivity contribution in [2.24, 2.45) is 11.8 Å². The van der Waals surface area contributed by atoms with Crippen molar-refractivity contribution in [1.82, 2.24) is 10.6 Å². The van der Waals surface area contributed by atoms with Crippen molar-refractivity contribution in [2.75, 3.05) is 6.54 Å². The maximum atomic E-state index is 11.1. The van der Waals surface area contributed by atoms with E-state index in [1.807, 2.05) is 6.92 Å². The van der Waals surface area contributed by atoms with Gasteiger partial charge in [-0.2, -0.15) is 0 Å². The highest BCUT2D eigenvalue weighted by molar-refractivity contribution is 5.74. The number of hydrogen-bond donors (Lipinski definition) is 2. The molecule has 0 bridgehead atoms. The molecule has 0 aliphatic heterocycles. The third-order valence-electron chi connectivity index (χ3n) is 2.92. The Morgan fingerprint density at radius 3 is 2.58 bits per heavy atom. The molecule has 0 radical (unpaired) electrons. The number of carbonyl (C=O) groups is 1. The largest absolute Gasteiger partial charge is 0.338 e. The summed E-state index contributed by atoms with van der Waals surface area (Å²) < 4.78 is 0. The molecule has 3 heteroatoms. The highest BCUT2D eigenvalue weighted by Gasteiger charge is 2.46. The maximum absolute atomic E-state index is 11.1. The van der Waals surface area contributed by atoms with Crippen molar-refractivity contribution in [3.8, 4) is 0 Å². The number of amides is 2. The van der Waals surface area contributed by atoms with Crippen LogP contribution in [0.2, 0.25) is 0 Å². The van der Waals surface area contributed by atoms with Gasteiger partial charge in [-0.1, -0.05) is 0 Å². The minimum Gasteiger partial charge on any atom is -0.338 e. The molecule has 3 nitrogen and oxygen atoms in total. The fourth-order valence-corrected chi connectivity index (χ4v) is 2.23. The van der Waals surface area contributed by atoms with E-state index in [0.717, 1.165) is 11.8 Å². The van der Waals surface area contributed by atoms with Crippen LogP contribution in [0.3, 0.4) is 0 Å². The molecule has 2 fully saturated rings. The molecule has 2 saturated carbocycles. The maximum Gasteiger partial charge on any atom is 0.314 e. The molecule has 0 aromatic rings. The first-order valence-electron chi connectivity index (χ1n) is 4.84. The second-order valence-electron chi connectivity index (χ2n) is 3.93. The molecular formula is C9H16N2O. The van der Waals surface area contributed by atoms with Gasteiger partial charge >= 0.3 is 6.03 Å². The average Bonchev–Trinajstić information content (AvgIpc) is 2.60. The second-order valence-corrected chi connectivity index (χ2v) is 3.93. The Morgan fingerprint density at radius 1 is 1.33 bits per heavy atom. The normalized spacial score (nSPS) is 37.2. The topological polar surface area (TPSA) is 41.1 Å². The molecule has 2 aliphatic carbocycles. The van der Waals surface area contributed by atoms with Crippen LogP contribution in [0, 0.1) is 11.8 Å². The predicted molar refractivity (Wildman–Crippen MR) is 46.8 cm³/mol. The van der Waals surface area contributed by atoms with E-state index < -0.39 is 0 Å². The van der Waals surface area contributed by atoms with Crippen molar-refractivity contribution in [1.29, 1.82) is 0 Å². The van der Waals surface area contributed by atoms with Gasteiger partial charge in [0, 0.05) is 12.6 Å². The molecule has 0 aromatic carbocycles. The smallest absolute Gasteiger partial charge is 0.314 e.